The number of fused-ring (bicyclic) bond motifs is 1. The van der Waals surface area contributed by atoms with Crippen molar-refractivity contribution in [2.45, 2.75) is 58.6 Å². The number of ether oxygens (including phenoxy) is 1. The third kappa shape index (κ3) is 4.21. The highest BCUT2D eigenvalue weighted by atomic mass is 16.6. The number of aryl methyl sites for hydroxylation is 1. The van der Waals surface area contributed by atoms with Crippen LogP contribution in [-0.4, -0.2) is 24.3 Å². The zero-order valence-electron chi connectivity index (χ0n) is 13.5. The van der Waals surface area contributed by atoms with Crippen LogP contribution in [0.1, 0.15) is 45.2 Å². The maximum atomic E-state index is 12.3. The van der Waals surface area contributed by atoms with Crippen molar-refractivity contribution < 1.29 is 9.53 Å². The lowest BCUT2D eigenvalue weighted by Gasteiger charge is -2.32. The first-order valence-corrected chi connectivity index (χ1v) is 7.64. The highest BCUT2D eigenvalue weighted by molar-refractivity contribution is 5.89. The predicted octanol–water partition coefficient (Wildman–Crippen LogP) is 3.26. The summed E-state index contributed by atoms with van der Waals surface area (Å²) in [5, 5.41) is 0. The van der Waals surface area contributed by atoms with Gasteiger partial charge in [-0.1, -0.05) is 12.1 Å². The molecule has 1 atom stereocenters. The molecule has 1 aliphatic heterocycles. The van der Waals surface area contributed by atoms with Crippen molar-refractivity contribution in [1.29, 1.82) is 0 Å². The van der Waals surface area contributed by atoms with Gasteiger partial charge < -0.3 is 10.5 Å². The fourth-order valence-corrected chi connectivity index (χ4v) is 2.66. The smallest absolute Gasteiger partial charge is 0.414 e. The monoisotopic (exact) mass is 290 g/mol. The minimum Gasteiger partial charge on any atom is -0.443 e. The van der Waals surface area contributed by atoms with Crippen molar-refractivity contribution in [3.63, 3.8) is 0 Å². The van der Waals surface area contributed by atoms with Crippen molar-refractivity contribution in [3.8, 4) is 0 Å². The van der Waals surface area contributed by atoms with E-state index in [4.69, 9.17) is 10.5 Å². The van der Waals surface area contributed by atoms with Crippen molar-refractivity contribution in [1.82, 2.24) is 0 Å². The second-order valence-corrected chi connectivity index (χ2v) is 6.88. The molecule has 0 radical (unpaired) electrons. The number of carbonyl (C=O) groups excluding carboxylic acids is 1. The van der Waals surface area contributed by atoms with Gasteiger partial charge in [-0.2, -0.15) is 0 Å². The van der Waals surface area contributed by atoms with Crippen LogP contribution in [-0.2, 0) is 17.6 Å². The van der Waals surface area contributed by atoms with Crippen LogP contribution in [0.4, 0.5) is 10.5 Å². The van der Waals surface area contributed by atoms with Gasteiger partial charge in [-0.3, -0.25) is 4.90 Å². The van der Waals surface area contributed by atoms with E-state index in [1.54, 1.807) is 4.90 Å². The Morgan fingerprint density at radius 3 is 2.76 bits per heavy atom. The Labute approximate surface area is 127 Å². The van der Waals surface area contributed by atoms with Crippen LogP contribution in [0.25, 0.3) is 0 Å². The third-order valence-corrected chi connectivity index (χ3v) is 3.43. The lowest BCUT2D eigenvalue weighted by molar-refractivity contribution is 0.0578. The molecule has 0 aliphatic carbocycles. The van der Waals surface area contributed by atoms with E-state index >= 15 is 0 Å². The molecule has 0 saturated heterocycles. The van der Waals surface area contributed by atoms with Crippen LogP contribution in [0, 0.1) is 0 Å². The van der Waals surface area contributed by atoms with Crippen molar-refractivity contribution in [3.05, 3.63) is 29.3 Å². The topological polar surface area (TPSA) is 55.6 Å². The molecule has 1 amide bonds. The number of amides is 1. The third-order valence-electron chi connectivity index (χ3n) is 3.43. The van der Waals surface area contributed by atoms with Crippen LogP contribution < -0.4 is 10.6 Å². The zero-order valence-corrected chi connectivity index (χ0v) is 13.5. The number of benzene rings is 1. The van der Waals surface area contributed by atoms with Gasteiger partial charge in [0.05, 0.1) is 5.69 Å². The molecule has 116 valence electrons. The van der Waals surface area contributed by atoms with Gasteiger partial charge in [0.15, 0.2) is 0 Å². The summed E-state index contributed by atoms with van der Waals surface area (Å²) in [6.45, 7) is 8.39. The molecule has 0 spiro atoms. The van der Waals surface area contributed by atoms with Crippen LogP contribution in [0.15, 0.2) is 18.2 Å². The van der Waals surface area contributed by atoms with Crippen molar-refractivity contribution in [2.24, 2.45) is 5.73 Å². The summed E-state index contributed by atoms with van der Waals surface area (Å²) in [6.07, 6.45) is 2.57. The van der Waals surface area contributed by atoms with E-state index in [9.17, 15) is 4.79 Å². The van der Waals surface area contributed by atoms with Gasteiger partial charge in [0.1, 0.15) is 5.60 Å². The average molecular weight is 290 g/mol. The summed E-state index contributed by atoms with van der Waals surface area (Å²) >= 11 is 0. The van der Waals surface area contributed by atoms with Gasteiger partial charge in [-0.25, -0.2) is 4.79 Å². The number of hydrogen-bond donors (Lipinski definition) is 1. The molecule has 0 fully saturated rings. The number of nitrogens with two attached hydrogens (primary N) is 1. The Morgan fingerprint density at radius 2 is 2.14 bits per heavy atom. The molecule has 1 aromatic rings. The first-order chi connectivity index (χ1) is 9.76. The summed E-state index contributed by atoms with van der Waals surface area (Å²) in [4.78, 5) is 14.1. The summed E-state index contributed by atoms with van der Waals surface area (Å²) in [5.41, 5.74) is 8.81. The van der Waals surface area contributed by atoms with Crippen molar-refractivity contribution in [2.75, 3.05) is 11.4 Å². The standard InChI is InChI=1S/C17H26N2O2/c1-12(18)10-13-7-8-15-14(11-13)6-5-9-19(15)16(20)21-17(2,3)4/h7-8,11-12H,5-6,9-10,18H2,1-4H3. The molecule has 0 saturated carbocycles. The van der Waals surface area contributed by atoms with Gasteiger partial charge in [-0.15, -0.1) is 0 Å². The molecule has 1 aromatic carbocycles. The number of anilines is 1. The Morgan fingerprint density at radius 1 is 1.43 bits per heavy atom. The number of hydrogen-bond acceptors (Lipinski definition) is 3. The first-order valence-electron chi connectivity index (χ1n) is 7.64. The van der Waals surface area contributed by atoms with E-state index < -0.39 is 5.60 Å². The van der Waals surface area contributed by atoms with Crippen molar-refractivity contribution >= 4 is 11.8 Å². The van der Waals surface area contributed by atoms with E-state index in [2.05, 4.69) is 12.1 Å². The second-order valence-electron chi connectivity index (χ2n) is 6.88. The molecule has 0 aromatic heterocycles. The normalized spacial score (nSPS) is 16.3. The SMILES string of the molecule is CC(N)Cc1ccc2c(c1)CCCN2C(=O)OC(C)(C)C. The fraction of sp³-hybridized carbons (Fsp3) is 0.588. The van der Waals surface area contributed by atoms with Gasteiger partial charge in [-0.05, 0) is 64.2 Å². The molecular weight excluding hydrogens is 264 g/mol. The van der Waals surface area contributed by atoms with Crippen LogP contribution >= 0.6 is 0 Å². The van der Waals surface area contributed by atoms with E-state index in [-0.39, 0.29) is 12.1 Å². The lowest BCUT2D eigenvalue weighted by Crippen LogP contribution is -2.39. The number of carbonyl (C=O) groups is 1. The maximum absolute atomic E-state index is 12.3. The van der Waals surface area contributed by atoms with Gasteiger partial charge in [0.25, 0.3) is 0 Å². The van der Waals surface area contributed by atoms with Crippen LogP contribution in [0.2, 0.25) is 0 Å². The molecule has 0 bridgehead atoms. The predicted molar refractivity (Wildman–Crippen MR) is 85.7 cm³/mol. The highest BCUT2D eigenvalue weighted by Gasteiger charge is 2.27. The summed E-state index contributed by atoms with van der Waals surface area (Å²) in [6, 6.07) is 6.41. The maximum Gasteiger partial charge on any atom is 0.414 e. The molecule has 4 nitrogen and oxygen atoms in total. The van der Waals surface area contributed by atoms with E-state index in [1.807, 2.05) is 33.8 Å². The molecule has 2 N–H and O–H groups in total. The number of nitrogens with zero attached hydrogens (tertiary/aromatic N) is 1. The van der Waals surface area contributed by atoms with E-state index in [0.29, 0.717) is 6.54 Å². The van der Waals surface area contributed by atoms with E-state index in [1.165, 1.54) is 11.1 Å². The minimum atomic E-state index is -0.469. The number of rotatable bonds is 2. The van der Waals surface area contributed by atoms with Crippen LogP contribution in [0.5, 0.6) is 0 Å². The molecule has 1 heterocycles. The van der Waals surface area contributed by atoms with Gasteiger partial charge in [0, 0.05) is 12.6 Å². The Balaban J connectivity index is 2.21. The second kappa shape index (κ2) is 6.06. The Hall–Kier alpha value is -1.55. The molecule has 1 unspecified atom stereocenters. The Kier molecular flexibility index (Phi) is 4.57. The quantitative estimate of drug-likeness (QED) is 0.909. The summed E-state index contributed by atoms with van der Waals surface area (Å²) in [5.74, 6) is 0. The zero-order chi connectivity index (χ0) is 15.6. The molecule has 4 heteroatoms. The molecule has 1 aliphatic rings. The lowest BCUT2D eigenvalue weighted by atomic mass is 9.97. The summed E-state index contributed by atoms with van der Waals surface area (Å²) in [7, 11) is 0. The average Bonchev–Trinajstić information content (AvgIpc) is 2.34. The van der Waals surface area contributed by atoms with Gasteiger partial charge in [0.2, 0.25) is 0 Å². The first kappa shape index (κ1) is 15.8. The molecule has 21 heavy (non-hydrogen) atoms. The Bertz CT molecular complexity index is 518. The summed E-state index contributed by atoms with van der Waals surface area (Å²) < 4.78 is 5.50. The molecular formula is C17H26N2O2. The molecule has 2 rings (SSSR count). The van der Waals surface area contributed by atoms with Crippen LogP contribution in [0.3, 0.4) is 0 Å². The highest BCUT2D eigenvalue weighted by Crippen LogP contribution is 2.29. The largest absolute Gasteiger partial charge is 0.443 e. The minimum absolute atomic E-state index is 0.147. The van der Waals surface area contributed by atoms with E-state index in [0.717, 1.165) is 24.9 Å². The fourth-order valence-electron chi connectivity index (χ4n) is 2.66. The van der Waals surface area contributed by atoms with Gasteiger partial charge >= 0.3 is 6.09 Å².